The summed E-state index contributed by atoms with van der Waals surface area (Å²) < 4.78 is 2.10. The first-order valence-electron chi connectivity index (χ1n) is 5.58. The summed E-state index contributed by atoms with van der Waals surface area (Å²) in [6.45, 7) is 6.25. The SMILES string of the molecule is Cc1cn(C)c(N2CCC(C(C)N)C2)n1. The Kier molecular flexibility index (Phi) is 2.69. The highest BCUT2D eigenvalue weighted by molar-refractivity contribution is 5.34. The van der Waals surface area contributed by atoms with E-state index in [0.717, 1.165) is 24.7 Å². The number of hydrogen-bond acceptors (Lipinski definition) is 3. The fourth-order valence-corrected chi connectivity index (χ4v) is 2.30. The van der Waals surface area contributed by atoms with E-state index in [1.54, 1.807) is 0 Å². The van der Waals surface area contributed by atoms with Gasteiger partial charge in [-0.25, -0.2) is 4.98 Å². The molecule has 0 bridgehead atoms. The van der Waals surface area contributed by atoms with Crippen LogP contribution in [0.15, 0.2) is 6.20 Å². The first-order valence-corrected chi connectivity index (χ1v) is 5.58. The minimum Gasteiger partial charge on any atom is -0.342 e. The van der Waals surface area contributed by atoms with Gasteiger partial charge in [-0.3, -0.25) is 0 Å². The van der Waals surface area contributed by atoms with Crippen LogP contribution < -0.4 is 10.6 Å². The molecule has 0 amide bonds. The molecule has 1 saturated heterocycles. The van der Waals surface area contributed by atoms with Crippen LogP contribution in [-0.2, 0) is 7.05 Å². The predicted molar refractivity (Wildman–Crippen MR) is 61.9 cm³/mol. The van der Waals surface area contributed by atoms with Crippen LogP contribution in [0, 0.1) is 12.8 Å². The number of imidazole rings is 1. The minimum absolute atomic E-state index is 0.288. The molecule has 1 aliphatic rings. The average molecular weight is 208 g/mol. The van der Waals surface area contributed by atoms with Crippen molar-refractivity contribution in [1.82, 2.24) is 9.55 Å². The van der Waals surface area contributed by atoms with Crippen LogP contribution in [-0.4, -0.2) is 28.7 Å². The number of anilines is 1. The maximum atomic E-state index is 5.93. The van der Waals surface area contributed by atoms with Gasteiger partial charge in [-0.15, -0.1) is 0 Å². The van der Waals surface area contributed by atoms with Gasteiger partial charge in [-0.2, -0.15) is 0 Å². The Bertz CT molecular complexity index is 342. The van der Waals surface area contributed by atoms with Gasteiger partial charge in [0, 0.05) is 32.4 Å². The zero-order chi connectivity index (χ0) is 11.0. The molecule has 2 N–H and O–H groups in total. The van der Waals surface area contributed by atoms with Gasteiger partial charge in [0.15, 0.2) is 0 Å². The Balaban J connectivity index is 2.11. The van der Waals surface area contributed by atoms with Gasteiger partial charge in [0.05, 0.1) is 5.69 Å². The third kappa shape index (κ3) is 2.00. The largest absolute Gasteiger partial charge is 0.342 e. The number of nitrogens with zero attached hydrogens (tertiary/aromatic N) is 3. The van der Waals surface area contributed by atoms with E-state index in [2.05, 4.69) is 34.6 Å². The predicted octanol–water partition coefficient (Wildman–Crippen LogP) is 0.902. The summed E-state index contributed by atoms with van der Waals surface area (Å²) in [7, 11) is 2.05. The molecule has 2 unspecified atom stereocenters. The van der Waals surface area contributed by atoms with Crippen molar-refractivity contribution in [2.45, 2.75) is 26.3 Å². The van der Waals surface area contributed by atoms with Gasteiger partial charge < -0.3 is 15.2 Å². The topological polar surface area (TPSA) is 47.1 Å². The quantitative estimate of drug-likeness (QED) is 0.785. The summed E-state index contributed by atoms with van der Waals surface area (Å²) in [5, 5.41) is 0. The monoisotopic (exact) mass is 208 g/mol. The van der Waals surface area contributed by atoms with Crippen molar-refractivity contribution in [1.29, 1.82) is 0 Å². The van der Waals surface area contributed by atoms with Gasteiger partial charge in [-0.05, 0) is 26.2 Å². The molecule has 1 aliphatic heterocycles. The molecule has 2 atom stereocenters. The Hall–Kier alpha value is -1.03. The van der Waals surface area contributed by atoms with Crippen LogP contribution in [0.3, 0.4) is 0 Å². The Morgan fingerprint density at radius 1 is 1.60 bits per heavy atom. The Morgan fingerprint density at radius 2 is 2.33 bits per heavy atom. The number of nitrogens with two attached hydrogens (primary N) is 1. The minimum atomic E-state index is 0.288. The molecule has 0 aliphatic carbocycles. The smallest absolute Gasteiger partial charge is 0.205 e. The highest BCUT2D eigenvalue weighted by Gasteiger charge is 2.27. The van der Waals surface area contributed by atoms with Crippen LogP contribution in [0.1, 0.15) is 19.0 Å². The molecule has 0 spiro atoms. The average Bonchev–Trinajstić information content (AvgIpc) is 2.71. The van der Waals surface area contributed by atoms with Gasteiger partial charge >= 0.3 is 0 Å². The van der Waals surface area contributed by atoms with E-state index in [0.29, 0.717) is 5.92 Å². The van der Waals surface area contributed by atoms with Crippen LogP contribution in [0.2, 0.25) is 0 Å². The molecule has 0 radical (unpaired) electrons. The third-order valence-corrected chi connectivity index (χ3v) is 3.22. The summed E-state index contributed by atoms with van der Waals surface area (Å²) in [6.07, 6.45) is 3.25. The molecule has 1 fully saturated rings. The second-order valence-electron chi connectivity index (χ2n) is 4.65. The second kappa shape index (κ2) is 3.85. The maximum absolute atomic E-state index is 5.93. The molecule has 15 heavy (non-hydrogen) atoms. The molecule has 0 aromatic carbocycles. The van der Waals surface area contributed by atoms with Gasteiger partial charge in [0.2, 0.25) is 5.95 Å². The molecule has 1 aromatic rings. The molecule has 1 aromatic heterocycles. The molecule has 84 valence electrons. The summed E-state index contributed by atoms with van der Waals surface area (Å²) in [6, 6.07) is 0.288. The zero-order valence-electron chi connectivity index (χ0n) is 9.77. The fourth-order valence-electron chi connectivity index (χ4n) is 2.30. The van der Waals surface area contributed by atoms with Crippen molar-refractivity contribution < 1.29 is 0 Å². The molecule has 4 nitrogen and oxygen atoms in total. The van der Waals surface area contributed by atoms with Crippen molar-refractivity contribution in [3.05, 3.63) is 11.9 Å². The number of aryl methyl sites for hydroxylation is 2. The fraction of sp³-hybridized carbons (Fsp3) is 0.727. The second-order valence-corrected chi connectivity index (χ2v) is 4.65. The van der Waals surface area contributed by atoms with Crippen molar-refractivity contribution >= 4 is 5.95 Å². The van der Waals surface area contributed by atoms with Gasteiger partial charge in [0.1, 0.15) is 0 Å². The van der Waals surface area contributed by atoms with Crippen molar-refractivity contribution in [2.24, 2.45) is 18.7 Å². The van der Waals surface area contributed by atoms with Crippen LogP contribution >= 0.6 is 0 Å². The highest BCUT2D eigenvalue weighted by atomic mass is 15.3. The van der Waals surface area contributed by atoms with Crippen molar-refractivity contribution in [3.8, 4) is 0 Å². The first kappa shape index (κ1) is 10.5. The summed E-state index contributed by atoms with van der Waals surface area (Å²) in [5.41, 5.74) is 7.01. The number of aromatic nitrogens is 2. The number of hydrogen-bond donors (Lipinski definition) is 1. The molecule has 4 heteroatoms. The molecular formula is C11H20N4. The first-order chi connectivity index (χ1) is 7.08. The lowest BCUT2D eigenvalue weighted by Gasteiger charge is -2.18. The van der Waals surface area contributed by atoms with E-state index in [1.807, 2.05) is 6.92 Å². The Labute approximate surface area is 91.1 Å². The normalized spacial score (nSPS) is 23.5. The standard InChI is InChI=1S/C11H20N4/c1-8-6-14(3)11(13-8)15-5-4-10(7-15)9(2)12/h6,9-10H,4-5,7,12H2,1-3H3. The van der Waals surface area contributed by atoms with Crippen LogP contribution in [0.25, 0.3) is 0 Å². The highest BCUT2D eigenvalue weighted by Crippen LogP contribution is 2.24. The van der Waals surface area contributed by atoms with Crippen LogP contribution in [0.5, 0.6) is 0 Å². The van der Waals surface area contributed by atoms with E-state index >= 15 is 0 Å². The molecule has 2 rings (SSSR count). The van der Waals surface area contributed by atoms with E-state index in [1.165, 1.54) is 6.42 Å². The third-order valence-electron chi connectivity index (χ3n) is 3.22. The Morgan fingerprint density at radius 3 is 2.80 bits per heavy atom. The lowest BCUT2D eigenvalue weighted by Crippen LogP contribution is -2.30. The van der Waals surface area contributed by atoms with E-state index in [9.17, 15) is 0 Å². The maximum Gasteiger partial charge on any atom is 0.205 e. The van der Waals surface area contributed by atoms with E-state index in [-0.39, 0.29) is 6.04 Å². The summed E-state index contributed by atoms with van der Waals surface area (Å²) >= 11 is 0. The molecule has 2 heterocycles. The zero-order valence-corrected chi connectivity index (χ0v) is 9.77. The van der Waals surface area contributed by atoms with Crippen molar-refractivity contribution in [3.63, 3.8) is 0 Å². The van der Waals surface area contributed by atoms with Crippen molar-refractivity contribution in [2.75, 3.05) is 18.0 Å². The lowest BCUT2D eigenvalue weighted by atomic mass is 10.0. The van der Waals surface area contributed by atoms with Crippen LogP contribution in [0.4, 0.5) is 5.95 Å². The molecular weight excluding hydrogens is 188 g/mol. The van der Waals surface area contributed by atoms with Gasteiger partial charge in [0.25, 0.3) is 0 Å². The van der Waals surface area contributed by atoms with E-state index < -0.39 is 0 Å². The summed E-state index contributed by atoms with van der Waals surface area (Å²) in [4.78, 5) is 6.87. The molecule has 0 saturated carbocycles. The summed E-state index contributed by atoms with van der Waals surface area (Å²) in [5.74, 6) is 1.69. The van der Waals surface area contributed by atoms with Gasteiger partial charge in [-0.1, -0.05) is 0 Å². The lowest BCUT2D eigenvalue weighted by molar-refractivity contribution is 0.487. The number of rotatable bonds is 2. The van der Waals surface area contributed by atoms with E-state index in [4.69, 9.17) is 5.73 Å².